The zero-order valence-electron chi connectivity index (χ0n) is 20.0. The van der Waals surface area contributed by atoms with E-state index in [0.29, 0.717) is 11.5 Å². The number of rotatable bonds is 8. The molecular weight excluding hydrogens is 434 g/mol. The third-order valence-electron chi connectivity index (χ3n) is 5.94. The lowest BCUT2D eigenvalue weighted by atomic mass is 10.1. The number of anilines is 1. The highest BCUT2D eigenvalue weighted by molar-refractivity contribution is 5.93. The van der Waals surface area contributed by atoms with E-state index in [2.05, 4.69) is 21.9 Å². The highest BCUT2D eigenvalue weighted by atomic mass is 16.5. The summed E-state index contributed by atoms with van der Waals surface area (Å²) in [6.45, 7) is 6.62. The van der Waals surface area contributed by atoms with Crippen molar-refractivity contribution in [2.45, 2.75) is 12.8 Å². The molecular formula is C26H35N3O5. The predicted octanol–water partition coefficient (Wildman–Crippen LogP) is 3.11. The van der Waals surface area contributed by atoms with Gasteiger partial charge in [-0.3, -0.25) is 4.90 Å². The Hall–Kier alpha value is -3.23. The minimum Gasteiger partial charge on any atom is -0.497 e. The van der Waals surface area contributed by atoms with E-state index in [9.17, 15) is 4.79 Å². The van der Waals surface area contributed by atoms with Crippen LogP contribution in [0.3, 0.4) is 0 Å². The number of nitrogens with zero attached hydrogens (tertiary/aromatic N) is 2. The molecule has 184 valence electrons. The van der Waals surface area contributed by atoms with Crippen molar-refractivity contribution in [3.63, 3.8) is 0 Å². The molecule has 2 aromatic carbocycles. The van der Waals surface area contributed by atoms with Gasteiger partial charge >= 0.3 is 5.97 Å². The Balaban J connectivity index is 0.000000196. The number of carbonyl (C=O) groups is 1. The molecule has 0 amide bonds. The van der Waals surface area contributed by atoms with Crippen LogP contribution in [-0.2, 0) is 4.79 Å². The normalized spacial score (nSPS) is 15.3. The molecule has 0 aliphatic carbocycles. The Morgan fingerprint density at radius 1 is 1.00 bits per heavy atom. The summed E-state index contributed by atoms with van der Waals surface area (Å²) in [5, 5.41) is 8.81. The molecule has 0 bridgehead atoms. The quantitative estimate of drug-likeness (QED) is 0.569. The first-order valence-electron chi connectivity index (χ1n) is 11.6. The lowest BCUT2D eigenvalue weighted by Crippen LogP contribution is -2.46. The molecule has 0 atom stereocenters. The van der Waals surface area contributed by atoms with E-state index >= 15 is 0 Å². The zero-order valence-corrected chi connectivity index (χ0v) is 20.0. The van der Waals surface area contributed by atoms with Crippen LogP contribution in [0.15, 0.2) is 48.0 Å². The van der Waals surface area contributed by atoms with Gasteiger partial charge in [-0.15, -0.1) is 0 Å². The van der Waals surface area contributed by atoms with E-state index in [1.807, 2.05) is 12.1 Å². The van der Waals surface area contributed by atoms with Gasteiger partial charge in [-0.05, 0) is 74.5 Å². The van der Waals surface area contributed by atoms with Gasteiger partial charge in [-0.1, -0.05) is 0 Å². The average Bonchev–Trinajstić information content (AvgIpc) is 2.89. The monoisotopic (exact) mass is 469 g/mol. The average molecular weight is 470 g/mol. The summed E-state index contributed by atoms with van der Waals surface area (Å²) in [6, 6.07) is 13.6. The third-order valence-corrected chi connectivity index (χ3v) is 5.94. The first-order valence-corrected chi connectivity index (χ1v) is 11.6. The van der Waals surface area contributed by atoms with Crippen molar-refractivity contribution in [3.8, 4) is 17.2 Å². The largest absolute Gasteiger partial charge is 0.497 e. The van der Waals surface area contributed by atoms with Crippen molar-refractivity contribution >= 4 is 17.7 Å². The fourth-order valence-electron chi connectivity index (χ4n) is 3.91. The topological polar surface area (TPSA) is 97.5 Å². The highest BCUT2D eigenvalue weighted by Crippen LogP contribution is 2.29. The fraction of sp³-hybridized carbons (Fsp3) is 0.423. The standard InChI is InChI=1S/C15H25N3O.C11H10O4/c1-19-15-6-4-14(5-7-15)18-12-10-17(11-13-18)9-3-2-8-16;1-14-9-2-3-10-7(5-9)4-8(6-15-10)11(12)13/h4-7H,2-3,8-13,16H2,1H3;2-5H,6H2,1H3,(H,12,13). The maximum atomic E-state index is 10.7. The second kappa shape index (κ2) is 12.9. The van der Waals surface area contributed by atoms with Crippen LogP contribution >= 0.6 is 0 Å². The van der Waals surface area contributed by atoms with Gasteiger partial charge in [0.2, 0.25) is 0 Å². The summed E-state index contributed by atoms with van der Waals surface area (Å²) < 4.78 is 15.5. The third kappa shape index (κ3) is 7.13. The van der Waals surface area contributed by atoms with Crippen LogP contribution in [0.2, 0.25) is 0 Å². The Labute approximate surface area is 201 Å². The first kappa shape index (κ1) is 25.4. The molecule has 34 heavy (non-hydrogen) atoms. The van der Waals surface area contributed by atoms with Crippen molar-refractivity contribution in [1.82, 2.24) is 4.90 Å². The molecule has 8 nitrogen and oxygen atoms in total. The predicted molar refractivity (Wildman–Crippen MR) is 134 cm³/mol. The minimum absolute atomic E-state index is 0.106. The molecule has 0 radical (unpaired) electrons. The van der Waals surface area contributed by atoms with Crippen molar-refractivity contribution in [1.29, 1.82) is 0 Å². The van der Waals surface area contributed by atoms with Gasteiger partial charge in [0.05, 0.1) is 19.8 Å². The SMILES string of the molecule is COc1ccc(N2CCN(CCCCN)CC2)cc1.COc1ccc2c(c1)C=C(C(=O)O)CO2. The van der Waals surface area contributed by atoms with Gasteiger partial charge in [0.15, 0.2) is 0 Å². The van der Waals surface area contributed by atoms with Gasteiger partial charge in [0.1, 0.15) is 23.9 Å². The van der Waals surface area contributed by atoms with Gasteiger partial charge in [-0.25, -0.2) is 4.79 Å². The Kier molecular flexibility index (Phi) is 9.61. The van der Waals surface area contributed by atoms with Gasteiger partial charge in [-0.2, -0.15) is 0 Å². The van der Waals surface area contributed by atoms with Crippen LogP contribution in [0.4, 0.5) is 5.69 Å². The number of fused-ring (bicyclic) bond motifs is 1. The Bertz CT molecular complexity index is 953. The molecule has 1 fully saturated rings. The van der Waals surface area contributed by atoms with Gasteiger partial charge in [0.25, 0.3) is 0 Å². The van der Waals surface area contributed by atoms with Crippen LogP contribution < -0.4 is 24.8 Å². The zero-order chi connectivity index (χ0) is 24.3. The van der Waals surface area contributed by atoms with Crippen molar-refractivity contribution in [3.05, 3.63) is 53.6 Å². The molecule has 0 spiro atoms. The van der Waals surface area contributed by atoms with E-state index in [-0.39, 0.29) is 12.2 Å². The van der Waals surface area contributed by atoms with E-state index < -0.39 is 5.97 Å². The molecule has 3 N–H and O–H groups in total. The fourth-order valence-corrected chi connectivity index (χ4v) is 3.91. The van der Waals surface area contributed by atoms with Crippen LogP contribution in [0.1, 0.15) is 18.4 Å². The number of unbranched alkanes of at least 4 members (excludes halogenated alkanes) is 1. The number of hydrogen-bond acceptors (Lipinski definition) is 7. The number of ether oxygens (including phenoxy) is 3. The van der Waals surface area contributed by atoms with E-state index in [1.54, 1.807) is 38.5 Å². The van der Waals surface area contributed by atoms with Gasteiger partial charge in [0, 0.05) is 37.4 Å². The minimum atomic E-state index is -0.955. The lowest BCUT2D eigenvalue weighted by molar-refractivity contribution is -0.132. The molecule has 0 saturated carbocycles. The number of hydrogen-bond donors (Lipinski definition) is 2. The second-order valence-electron chi connectivity index (χ2n) is 8.19. The number of aliphatic carboxylic acids is 1. The molecule has 2 aliphatic heterocycles. The number of methoxy groups -OCH3 is 2. The van der Waals surface area contributed by atoms with Gasteiger partial charge < -0.3 is 30.0 Å². The summed E-state index contributed by atoms with van der Waals surface area (Å²) in [5.74, 6) is 1.33. The van der Waals surface area contributed by atoms with Crippen molar-refractivity contribution < 1.29 is 24.1 Å². The highest BCUT2D eigenvalue weighted by Gasteiger charge is 2.17. The molecule has 8 heteroatoms. The summed E-state index contributed by atoms with van der Waals surface area (Å²) in [6.07, 6.45) is 3.96. The summed E-state index contributed by atoms with van der Waals surface area (Å²) in [4.78, 5) is 15.7. The van der Waals surface area contributed by atoms with Crippen LogP contribution in [0, 0.1) is 0 Å². The Morgan fingerprint density at radius 2 is 1.68 bits per heavy atom. The summed E-state index contributed by atoms with van der Waals surface area (Å²) in [7, 11) is 3.27. The molecule has 2 aromatic rings. The van der Waals surface area contributed by atoms with Crippen molar-refractivity contribution in [2.24, 2.45) is 5.73 Å². The first-order chi connectivity index (χ1) is 16.5. The number of carboxylic acid groups (broad SMARTS) is 1. The number of carboxylic acids is 1. The maximum absolute atomic E-state index is 10.7. The Morgan fingerprint density at radius 3 is 2.29 bits per heavy atom. The lowest BCUT2D eigenvalue weighted by Gasteiger charge is -2.36. The van der Waals surface area contributed by atoms with E-state index in [1.165, 1.54) is 18.7 Å². The summed E-state index contributed by atoms with van der Waals surface area (Å²) >= 11 is 0. The molecule has 0 unspecified atom stereocenters. The van der Waals surface area contributed by atoms with Crippen LogP contribution in [0.5, 0.6) is 17.2 Å². The van der Waals surface area contributed by atoms with E-state index in [0.717, 1.165) is 50.5 Å². The summed E-state index contributed by atoms with van der Waals surface area (Å²) in [5.41, 5.74) is 7.80. The van der Waals surface area contributed by atoms with E-state index in [4.69, 9.17) is 25.1 Å². The molecule has 0 aromatic heterocycles. The van der Waals surface area contributed by atoms with Crippen molar-refractivity contribution in [2.75, 3.05) is 65.0 Å². The number of piperazine rings is 1. The molecule has 1 saturated heterocycles. The molecule has 2 aliphatic rings. The smallest absolute Gasteiger partial charge is 0.335 e. The molecule has 4 rings (SSSR count). The maximum Gasteiger partial charge on any atom is 0.335 e. The molecule has 2 heterocycles. The second-order valence-corrected chi connectivity index (χ2v) is 8.19. The van der Waals surface area contributed by atoms with Crippen LogP contribution in [0.25, 0.3) is 6.08 Å². The van der Waals surface area contributed by atoms with Crippen LogP contribution in [-0.4, -0.2) is 76.1 Å². The number of nitrogens with two attached hydrogens (primary N) is 1. The number of benzene rings is 2.